The zero-order valence-electron chi connectivity index (χ0n) is 7.08. The van der Waals surface area contributed by atoms with Crippen LogP contribution in [0.15, 0.2) is 34.5 Å². The van der Waals surface area contributed by atoms with E-state index in [1.54, 1.807) is 18.3 Å². The molecule has 0 bridgehead atoms. The average Bonchev–Trinajstić information content (AvgIpc) is 1.91. The summed E-state index contributed by atoms with van der Waals surface area (Å²) in [4.78, 5) is 3.83. The quantitative estimate of drug-likeness (QED) is 0.426. The van der Waals surface area contributed by atoms with Crippen LogP contribution in [-0.4, -0.2) is 13.0 Å². The van der Waals surface area contributed by atoms with E-state index in [4.69, 9.17) is 7.98 Å². The second-order valence-corrected chi connectivity index (χ2v) is 1.40. The molecule has 0 aliphatic carbocycles. The topological polar surface area (TPSA) is 37.6 Å². The Hall–Kier alpha value is -0.562. The third-order valence-electron chi connectivity index (χ3n) is 0.809. The number of hydrogen-bond acceptors (Lipinski definition) is 3. The van der Waals surface area contributed by atoms with Gasteiger partial charge in [-0.25, -0.2) is 4.98 Å². The smallest absolute Gasteiger partial charge is 0.358 e. The molecule has 0 atom stereocenters. The average molecular weight is 248 g/mol. The Kier molecular flexibility index (Phi) is 15.2. The first-order valence-electron chi connectivity index (χ1n) is 2.45. The van der Waals surface area contributed by atoms with Gasteiger partial charge in [0.15, 0.2) is 5.82 Å². The minimum Gasteiger partial charge on any atom is -0.358 e. The third kappa shape index (κ3) is 6.17. The van der Waals surface area contributed by atoms with Gasteiger partial charge in [-0.2, -0.15) is 5.11 Å². The molecule has 0 aromatic carbocycles. The predicted molar refractivity (Wildman–Crippen MR) is 47.3 cm³/mol. The summed E-state index contributed by atoms with van der Waals surface area (Å²) in [7, 11) is 4.78. The van der Waals surface area contributed by atoms with E-state index < -0.39 is 0 Å². The Labute approximate surface area is 87.9 Å². The van der Waals surface area contributed by atoms with Gasteiger partial charge in [-0.3, -0.25) is 5.03 Å². The fourth-order valence-electron chi connectivity index (χ4n) is 0.472. The summed E-state index contributed by atoms with van der Waals surface area (Å²) in [6, 6.07) is 5.34. The van der Waals surface area contributed by atoms with Crippen LogP contribution in [0, 0.1) is 14.9 Å². The number of pyridine rings is 1. The van der Waals surface area contributed by atoms with Crippen molar-refractivity contribution in [1.82, 2.24) is 4.98 Å². The van der Waals surface area contributed by atoms with Crippen LogP contribution < -0.4 is 0 Å². The van der Waals surface area contributed by atoms with Crippen molar-refractivity contribution in [3.63, 3.8) is 0 Å². The molecule has 1 aromatic rings. The van der Waals surface area contributed by atoms with E-state index in [-0.39, 0.29) is 34.3 Å². The SMILES string of the molecule is [B]/N=N/c1ccccn1.[CH3-].[CH3-].[Ru+2]. The minimum atomic E-state index is 0. The second-order valence-electron chi connectivity index (χ2n) is 1.40. The van der Waals surface area contributed by atoms with Crippen LogP contribution >= 0.6 is 0 Å². The molecule has 0 saturated heterocycles. The molecule has 2 radical (unpaired) electrons. The largest absolute Gasteiger partial charge is 2.00 e. The molecule has 1 heterocycles. The van der Waals surface area contributed by atoms with Gasteiger partial charge in [0.1, 0.15) is 0 Å². The Bertz CT molecular complexity index is 203. The van der Waals surface area contributed by atoms with E-state index in [2.05, 4.69) is 15.1 Å². The molecular formula is C7H10BN3Ru. The molecule has 5 heteroatoms. The van der Waals surface area contributed by atoms with Crippen molar-refractivity contribution in [3.8, 4) is 0 Å². The Morgan fingerprint density at radius 3 is 2.33 bits per heavy atom. The second kappa shape index (κ2) is 10.4. The van der Waals surface area contributed by atoms with Gasteiger partial charge in [-0.15, -0.1) is 0 Å². The maximum atomic E-state index is 4.78. The Balaban J connectivity index is -0.000000270. The van der Waals surface area contributed by atoms with Crippen LogP contribution in [0.25, 0.3) is 0 Å². The number of hydrogen-bond donors (Lipinski definition) is 0. The molecule has 0 amide bonds. The third-order valence-corrected chi connectivity index (χ3v) is 0.809. The van der Waals surface area contributed by atoms with Gasteiger partial charge in [0.25, 0.3) is 7.98 Å². The van der Waals surface area contributed by atoms with Crippen LogP contribution in [0.4, 0.5) is 5.82 Å². The zero-order valence-corrected chi connectivity index (χ0v) is 8.82. The number of nitrogens with zero attached hydrogens (tertiary/aromatic N) is 3. The van der Waals surface area contributed by atoms with Gasteiger partial charge in [0.05, 0.1) is 0 Å². The zero-order chi connectivity index (χ0) is 6.53. The van der Waals surface area contributed by atoms with E-state index in [1.807, 2.05) is 6.07 Å². The molecule has 64 valence electrons. The molecule has 0 fully saturated rings. The molecule has 12 heavy (non-hydrogen) atoms. The first-order valence-corrected chi connectivity index (χ1v) is 2.45. The maximum Gasteiger partial charge on any atom is 2.00 e. The van der Waals surface area contributed by atoms with Crippen LogP contribution in [0.5, 0.6) is 0 Å². The van der Waals surface area contributed by atoms with Crippen molar-refractivity contribution in [3.05, 3.63) is 39.2 Å². The molecule has 0 aliphatic heterocycles. The van der Waals surface area contributed by atoms with Gasteiger partial charge in [-0.1, -0.05) is 6.07 Å². The Morgan fingerprint density at radius 1 is 1.25 bits per heavy atom. The van der Waals surface area contributed by atoms with Crippen LogP contribution in [0.3, 0.4) is 0 Å². The summed E-state index contributed by atoms with van der Waals surface area (Å²) < 4.78 is 0. The first kappa shape index (κ1) is 17.5. The predicted octanol–water partition coefficient (Wildman–Crippen LogP) is 2.15. The van der Waals surface area contributed by atoms with Crippen molar-refractivity contribution in [2.24, 2.45) is 10.1 Å². The van der Waals surface area contributed by atoms with Gasteiger partial charge in [0.2, 0.25) is 0 Å². The van der Waals surface area contributed by atoms with Crippen molar-refractivity contribution < 1.29 is 19.5 Å². The van der Waals surface area contributed by atoms with Crippen molar-refractivity contribution in [2.75, 3.05) is 0 Å². The van der Waals surface area contributed by atoms with E-state index in [1.165, 1.54) is 0 Å². The maximum absolute atomic E-state index is 4.78. The molecule has 0 saturated carbocycles. The monoisotopic (exact) mass is 249 g/mol. The van der Waals surface area contributed by atoms with E-state index in [9.17, 15) is 0 Å². The molecule has 1 rings (SSSR count). The minimum absolute atomic E-state index is 0. The van der Waals surface area contributed by atoms with E-state index in [0.29, 0.717) is 5.82 Å². The summed E-state index contributed by atoms with van der Waals surface area (Å²) in [6.45, 7) is 0. The molecule has 0 spiro atoms. The Morgan fingerprint density at radius 2 is 1.92 bits per heavy atom. The van der Waals surface area contributed by atoms with Crippen molar-refractivity contribution in [1.29, 1.82) is 0 Å². The number of rotatable bonds is 1. The molecule has 3 nitrogen and oxygen atoms in total. The fourth-order valence-corrected chi connectivity index (χ4v) is 0.472. The van der Waals surface area contributed by atoms with Gasteiger partial charge >= 0.3 is 19.5 Å². The summed E-state index contributed by atoms with van der Waals surface area (Å²) >= 11 is 0. The molecule has 0 aliphatic rings. The molecule has 1 aromatic heterocycles. The van der Waals surface area contributed by atoms with E-state index >= 15 is 0 Å². The molecule has 0 unspecified atom stereocenters. The normalized spacial score (nSPS) is 7.67. The fraction of sp³-hybridized carbons (Fsp3) is 0. The summed E-state index contributed by atoms with van der Waals surface area (Å²) in [5, 5.41) is 6.57. The van der Waals surface area contributed by atoms with Gasteiger partial charge in [-0.05, 0) is 12.1 Å². The van der Waals surface area contributed by atoms with Gasteiger partial charge < -0.3 is 14.9 Å². The summed E-state index contributed by atoms with van der Waals surface area (Å²) in [5.41, 5.74) is 0. The van der Waals surface area contributed by atoms with Crippen molar-refractivity contribution >= 4 is 13.8 Å². The van der Waals surface area contributed by atoms with E-state index in [0.717, 1.165) is 0 Å². The standard InChI is InChI=1S/C5H4BN3.2CH3.Ru/c6-9-8-5-3-1-2-4-7-5;;;/h1-4H;2*1H3;/q;2*-1;+2/b9-8+;;;. The summed E-state index contributed by atoms with van der Waals surface area (Å²) in [6.07, 6.45) is 1.63. The molecular weight excluding hydrogens is 238 g/mol. The van der Waals surface area contributed by atoms with Gasteiger partial charge in [0, 0.05) is 6.20 Å². The van der Waals surface area contributed by atoms with Crippen molar-refractivity contribution in [2.45, 2.75) is 0 Å². The summed E-state index contributed by atoms with van der Waals surface area (Å²) in [5.74, 6) is 0.528. The first-order chi connectivity index (χ1) is 4.43. The molecule has 0 N–H and O–H groups in total. The van der Waals surface area contributed by atoms with Crippen LogP contribution in [0.1, 0.15) is 0 Å². The number of aromatic nitrogens is 1. The van der Waals surface area contributed by atoms with Crippen LogP contribution in [-0.2, 0) is 19.5 Å². The van der Waals surface area contributed by atoms with Crippen LogP contribution in [0.2, 0.25) is 0 Å².